The Balaban J connectivity index is 1.72. The van der Waals surface area contributed by atoms with E-state index in [0.717, 1.165) is 12.1 Å². The highest BCUT2D eigenvalue weighted by atomic mass is 35.5. The lowest BCUT2D eigenvalue weighted by Crippen LogP contribution is -2.20. The van der Waals surface area contributed by atoms with Crippen molar-refractivity contribution in [3.8, 4) is 11.5 Å². The minimum absolute atomic E-state index is 0.0299. The molecular weight excluding hydrogens is 468 g/mol. The van der Waals surface area contributed by atoms with Crippen molar-refractivity contribution in [2.45, 2.75) is 6.18 Å². The number of ether oxygens (including phenoxy) is 1. The van der Waals surface area contributed by atoms with Gasteiger partial charge in [-0.3, -0.25) is 9.78 Å². The van der Waals surface area contributed by atoms with Crippen LogP contribution in [-0.2, 0) is 6.18 Å². The summed E-state index contributed by atoms with van der Waals surface area (Å²) in [6.07, 6.45) is -2.04. The van der Waals surface area contributed by atoms with Gasteiger partial charge >= 0.3 is 12.2 Å². The number of nitrogens with one attached hydrogen (secondary N) is 3. The zero-order chi connectivity index (χ0) is 24.2. The van der Waals surface area contributed by atoms with Gasteiger partial charge in [-0.15, -0.1) is 0 Å². The molecule has 0 saturated heterocycles. The monoisotopic (exact) mass is 482 g/mol. The van der Waals surface area contributed by atoms with Gasteiger partial charge in [0.15, 0.2) is 0 Å². The summed E-state index contributed by atoms with van der Waals surface area (Å²) in [4.78, 5) is 27.8. The predicted molar refractivity (Wildman–Crippen MR) is 113 cm³/mol. The van der Waals surface area contributed by atoms with E-state index < -0.39 is 34.5 Å². The molecule has 0 aliphatic carbocycles. The summed E-state index contributed by atoms with van der Waals surface area (Å²) in [5.41, 5.74) is -1.44. The second kappa shape index (κ2) is 9.74. The first-order valence-electron chi connectivity index (χ1n) is 9.16. The summed E-state index contributed by atoms with van der Waals surface area (Å²) in [6, 6.07) is 6.74. The number of hydrogen-bond acceptors (Lipinski definition) is 4. The highest BCUT2D eigenvalue weighted by Crippen LogP contribution is 2.36. The topological polar surface area (TPSA) is 92.3 Å². The number of aromatic nitrogens is 1. The number of amides is 3. The SMILES string of the molecule is CNC(=O)c1cnccc1Oc1ccc(NC(=O)Nc2ccc(Cl)c(C(F)(F)F)c2)c(F)c1. The summed E-state index contributed by atoms with van der Waals surface area (Å²) in [7, 11) is 1.43. The number of pyridine rings is 1. The average molecular weight is 483 g/mol. The third kappa shape index (κ3) is 5.89. The molecule has 1 heterocycles. The van der Waals surface area contributed by atoms with Crippen LogP contribution in [0.25, 0.3) is 0 Å². The quantitative estimate of drug-likeness (QED) is 0.407. The summed E-state index contributed by atoms with van der Waals surface area (Å²) in [5, 5.41) is 6.28. The van der Waals surface area contributed by atoms with Crippen molar-refractivity contribution in [2.75, 3.05) is 17.7 Å². The fourth-order valence-corrected chi connectivity index (χ4v) is 2.89. The largest absolute Gasteiger partial charge is 0.456 e. The molecule has 0 aliphatic heterocycles. The van der Waals surface area contributed by atoms with Gasteiger partial charge in [0.2, 0.25) is 0 Å². The van der Waals surface area contributed by atoms with Crippen LogP contribution in [0.4, 0.5) is 33.7 Å². The van der Waals surface area contributed by atoms with Gasteiger partial charge in [-0.2, -0.15) is 13.2 Å². The first-order valence-corrected chi connectivity index (χ1v) is 9.54. The molecule has 0 fully saturated rings. The molecule has 12 heteroatoms. The van der Waals surface area contributed by atoms with E-state index in [1.54, 1.807) is 0 Å². The summed E-state index contributed by atoms with van der Waals surface area (Å²) in [6.45, 7) is 0. The lowest BCUT2D eigenvalue weighted by atomic mass is 10.2. The Labute approximate surface area is 189 Å². The number of carbonyl (C=O) groups is 2. The molecule has 0 aliphatic rings. The number of anilines is 2. The van der Waals surface area contributed by atoms with Crippen molar-refractivity contribution < 1.29 is 31.9 Å². The van der Waals surface area contributed by atoms with E-state index in [2.05, 4.69) is 20.9 Å². The van der Waals surface area contributed by atoms with Crippen LogP contribution in [0, 0.1) is 5.82 Å². The average Bonchev–Trinajstić information content (AvgIpc) is 2.76. The van der Waals surface area contributed by atoms with Crippen LogP contribution in [-0.4, -0.2) is 24.0 Å². The van der Waals surface area contributed by atoms with Gasteiger partial charge in [-0.1, -0.05) is 11.6 Å². The van der Waals surface area contributed by atoms with Crippen molar-refractivity contribution in [3.05, 3.63) is 76.8 Å². The van der Waals surface area contributed by atoms with Crippen LogP contribution in [0.3, 0.4) is 0 Å². The van der Waals surface area contributed by atoms with Gasteiger partial charge in [0.25, 0.3) is 5.91 Å². The third-order valence-electron chi connectivity index (χ3n) is 4.20. The van der Waals surface area contributed by atoms with E-state index in [0.29, 0.717) is 6.07 Å². The number of nitrogens with zero attached hydrogens (tertiary/aromatic N) is 1. The number of carbonyl (C=O) groups excluding carboxylic acids is 2. The molecule has 3 aromatic rings. The van der Waals surface area contributed by atoms with E-state index in [9.17, 15) is 27.2 Å². The lowest BCUT2D eigenvalue weighted by Gasteiger charge is -2.13. The van der Waals surface area contributed by atoms with Crippen LogP contribution in [0.1, 0.15) is 15.9 Å². The smallest absolute Gasteiger partial charge is 0.417 e. The molecule has 0 saturated carbocycles. The molecule has 33 heavy (non-hydrogen) atoms. The molecule has 0 spiro atoms. The molecule has 0 radical (unpaired) electrons. The zero-order valence-corrected chi connectivity index (χ0v) is 17.5. The van der Waals surface area contributed by atoms with Gasteiger partial charge in [-0.25, -0.2) is 9.18 Å². The molecule has 172 valence electrons. The van der Waals surface area contributed by atoms with Gasteiger partial charge in [0.05, 0.1) is 16.3 Å². The summed E-state index contributed by atoms with van der Waals surface area (Å²) >= 11 is 5.54. The minimum atomic E-state index is -4.71. The zero-order valence-electron chi connectivity index (χ0n) is 16.8. The molecule has 3 rings (SSSR count). The number of urea groups is 1. The Morgan fingerprint density at radius 3 is 2.48 bits per heavy atom. The van der Waals surface area contributed by atoms with Crippen molar-refractivity contribution in [2.24, 2.45) is 0 Å². The van der Waals surface area contributed by atoms with E-state index in [4.69, 9.17) is 16.3 Å². The highest BCUT2D eigenvalue weighted by Gasteiger charge is 2.33. The van der Waals surface area contributed by atoms with Crippen molar-refractivity contribution in [1.29, 1.82) is 0 Å². The summed E-state index contributed by atoms with van der Waals surface area (Å²) < 4.78 is 58.9. The highest BCUT2D eigenvalue weighted by molar-refractivity contribution is 6.31. The van der Waals surface area contributed by atoms with Crippen molar-refractivity contribution in [3.63, 3.8) is 0 Å². The molecule has 7 nitrogen and oxygen atoms in total. The Kier molecular flexibility index (Phi) is 7.02. The standard InChI is InChI=1S/C21H15ClF4N4O3/c1-27-19(31)13-10-28-7-6-18(13)33-12-3-5-17(16(23)9-12)30-20(32)29-11-2-4-15(22)14(8-11)21(24,25)26/h2-10H,1H3,(H,27,31)(H2,29,30,32). The molecule has 2 aromatic carbocycles. The number of halogens is 5. The Morgan fingerprint density at radius 1 is 1.06 bits per heavy atom. The first kappa shape index (κ1) is 23.8. The van der Waals surface area contributed by atoms with E-state index in [1.807, 2.05) is 0 Å². The molecule has 1 aromatic heterocycles. The van der Waals surface area contributed by atoms with Crippen molar-refractivity contribution >= 4 is 34.9 Å². The van der Waals surface area contributed by atoms with E-state index in [1.165, 1.54) is 43.7 Å². The van der Waals surface area contributed by atoms with E-state index >= 15 is 0 Å². The third-order valence-corrected chi connectivity index (χ3v) is 4.53. The van der Waals surface area contributed by atoms with Crippen LogP contribution in [0.5, 0.6) is 11.5 Å². The van der Waals surface area contributed by atoms with E-state index in [-0.39, 0.29) is 28.4 Å². The van der Waals surface area contributed by atoms with Gasteiger partial charge in [0, 0.05) is 31.2 Å². The van der Waals surface area contributed by atoms with Gasteiger partial charge < -0.3 is 20.7 Å². The normalized spacial score (nSPS) is 11.0. The second-order valence-corrected chi connectivity index (χ2v) is 6.87. The predicted octanol–water partition coefficient (Wildman–Crippen LogP) is 5.69. The minimum Gasteiger partial charge on any atom is -0.456 e. The number of benzene rings is 2. The van der Waals surface area contributed by atoms with Crippen LogP contribution in [0.2, 0.25) is 5.02 Å². The second-order valence-electron chi connectivity index (χ2n) is 6.47. The number of alkyl halides is 3. The molecule has 3 N–H and O–H groups in total. The molecular formula is C21H15ClF4N4O3. The lowest BCUT2D eigenvalue weighted by molar-refractivity contribution is -0.137. The van der Waals surface area contributed by atoms with Gasteiger partial charge in [-0.05, 0) is 36.4 Å². The maximum Gasteiger partial charge on any atom is 0.417 e. The van der Waals surface area contributed by atoms with Crippen LogP contribution >= 0.6 is 11.6 Å². The molecule has 0 unspecified atom stereocenters. The maximum atomic E-state index is 14.5. The summed E-state index contributed by atoms with van der Waals surface area (Å²) in [5.74, 6) is -1.18. The number of rotatable bonds is 5. The Bertz CT molecular complexity index is 1200. The number of hydrogen-bond donors (Lipinski definition) is 3. The first-order chi connectivity index (χ1) is 15.6. The maximum absolute atomic E-state index is 14.5. The van der Waals surface area contributed by atoms with Gasteiger partial charge in [0.1, 0.15) is 22.9 Å². The van der Waals surface area contributed by atoms with Crippen LogP contribution < -0.4 is 20.7 Å². The van der Waals surface area contributed by atoms with Crippen LogP contribution in [0.15, 0.2) is 54.9 Å². The Hall–Kier alpha value is -3.86. The Morgan fingerprint density at radius 2 is 1.82 bits per heavy atom. The molecule has 3 amide bonds. The fourth-order valence-electron chi connectivity index (χ4n) is 2.67. The molecule has 0 atom stereocenters. The molecule has 0 bridgehead atoms. The van der Waals surface area contributed by atoms with Crippen molar-refractivity contribution in [1.82, 2.24) is 10.3 Å². The fraction of sp³-hybridized carbons (Fsp3) is 0.0952.